The van der Waals surface area contributed by atoms with Gasteiger partial charge < -0.3 is 15.2 Å². The van der Waals surface area contributed by atoms with Gasteiger partial charge in [-0.05, 0) is 31.5 Å². The van der Waals surface area contributed by atoms with E-state index in [4.69, 9.17) is 15.2 Å². The van der Waals surface area contributed by atoms with Crippen LogP contribution in [0, 0.1) is 5.82 Å². The first kappa shape index (κ1) is 18.0. The Hall–Kier alpha value is -1.01. The standard InChI is InChI=1S/C16H27FN2O2/c1-3-20-11-9-19(10-12-21-4-2)16(13-18)14-5-7-15(17)8-6-14/h5-8,16H,3-4,9-13,18H2,1-2H3. The van der Waals surface area contributed by atoms with E-state index >= 15 is 0 Å². The van der Waals surface area contributed by atoms with Gasteiger partial charge in [0.2, 0.25) is 0 Å². The highest BCUT2D eigenvalue weighted by Gasteiger charge is 2.18. The molecule has 120 valence electrons. The summed E-state index contributed by atoms with van der Waals surface area (Å²) in [6, 6.07) is 6.58. The van der Waals surface area contributed by atoms with Gasteiger partial charge in [-0.15, -0.1) is 0 Å². The van der Waals surface area contributed by atoms with E-state index in [0.717, 1.165) is 18.7 Å². The highest BCUT2D eigenvalue weighted by molar-refractivity contribution is 5.20. The lowest BCUT2D eigenvalue weighted by Gasteiger charge is -2.31. The van der Waals surface area contributed by atoms with Crippen LogP contribution in [0.2, 0.25) is 0 Å². The van der Waals surface area contributed by atoms with Gasteiger partial charge >= 0.3 is 0 Å². The summed E-state index contributed by atoms with van der Waals surface area (Å²) >= 11 is 0. The Morgan fingerprint density at radius 3 is 2.00 bits per heavy atom. The quantitative estimate of drug-likeness (QED) is 0.636. The molecule has 0 saturated heterocycles. The van der Waals surface area contributed by atoms with Crippen molar-refractivity contribution in [1.82, 2.24) is 4.90 Å². The average molecular weight is 298 g/mol. The molecule has 0 heterocycles. The van der Waals surface area contributed by atoms with Crippen molar-refractivity contribution in [3.8, 4) is 0 Å². The minimum Gasteiger partial charge on any atom is -0.380 e. The van der Waals surface area contributed by atoms with Crippen molar-refractivity contribution in [2.75, 3.05) is 46.1 Å². The van der Waals surface area contributed by atoms with Gasteiger partial charge in [0.1, 0.15) is 5.82 Å². The molecule has 0 spiro atoms. The summed E-state index contributed by atoms with van der Waals surface area (Å²) in [7, 11) is 0. The Bertz CT molecular complexity index is 363. The fourth-order valence-electron chi connectivity index (χ4n) is 2.26. The molecule has 5 heteroatoms. The summed E-state index contributed by atoms with van der Waals surface area (Å²) in [5.74, 6) is -0.232. The maximum atomic E-state index is 13.1. The van der Waals surface area contributed by atoms with Crippen LogP contribution in [0.25, 0.3) is 0 Å². The normalized spacial score (nSPS) is 12.8. The molecule has 0 amide bonds. The zero-order valence-corrected chi connectivity index (χ0v) is 13.1. The van der Waals surface area contributed by atoms with Gasteiger partial charge in [-0.1, -0.05) is 12.1 Å². The molecule has 0 aliphatic rings. The van der Waals surface area contributed by atoms with Gasteiger partial charge in [0.25, 0.3) is 0 Å². The first-order valence-corrected chi connectivity index (χ1v) is 7.58. The lowest BCUT2D eigenvalue weighted by molar-refractivity contribution is 0.0640. The first-order valence-electron chi connectivity index (χ1n) is 7.58. The third kappa shape index (κ3) is 6.52. The fourth-order valence-corrected chi connectivity index (χ4v) is 2.26. The topological polar surface area (TPSA) is 47.7 Å². The molecule has 1 unspecified atom stereocenters. The fraction of sp³-hybridized carbons (Fsp3) is 0.625. The van der Waals surface area contributed by atoms with Crippen molar-refractivity contribution < 1.29 is 13.9 Å². The predicted octanol–water partition coefficient (Wildman–Crippen LogP) is 2.20. The molecule has 0 aliphatic heterocycles. The number of nitrogens with two attached hydrogens (primary N) is 1. The average Bonchev–Trinajstić information content (AvgIpc) is 2.50. The van der Waals surface area contributed by atoms with E-state index in [0.29, 0.717) is 33.0 Å². The summed E-state index contributed by atoms with van der Waals surface area (Å²) in [6.45, 7) is 8.69. The number of hydrogen-bond donors (Lipinski definition) is 1. The van der Waals surface area contributed by atoms with Crippen molar-refractivity contribution in [1.29, 1.82) is 0 Å². The molecule has 0 aromatic heterocycles. The van der Waals surface area contributed by atoms with Crippen LogP contribution in [0.4, 0.5) is 4.39 Å². The van der Waals surface area contributed by atoms with Crippen LogP contribution in [0.3, 0.4) is 0 Å². The largest absolute Gasteiger partial charge is 0.380 e. The Morgan fingerprint density at radius 1 is 1.05 bits per heavy atom. The van der Waals surface area contributed by atoms with E-state index in [1.807, 2.05) is 13.8 Å². The summed E-state index contributed by atoms with van der Waals surface area (Å²) < 4.78 is 23.9. The second-order valence-electron chi connectivity index (χ2n) is 4.73. The van der Waals surface area contributed by atoms with Crippen molar-refractivity contribution in [3.63, 3.8) is 0 Å². The molecule has 4 nitrogen and oxygen atoms in total. The minimum absolute atomic E-state index is 0.0477. The highest BCUT2D eigenvalue weighted by atomic mass is 19.1. The SMILES string of the molecule is CCOCCN(CCOCC)C(CN)c1ccc(F)cc1. The maximum Gasteiger partial charge on any atom is 0.123 e. The zero-order chi connectivity index (χ0) is 15.5. The van der Waals surface area contributed by atoms with Crippen molar-refractivity contribution >= 4 is 0 Å². The van der Waals surface area contributed by atoms with Crippen LogP contribution in [0.15, 0.2) is 24.3 Å². The molecule has 0 aliphatic carbocycles. The smallest absolute Gasteiger partial charge is 0.123 e. The Morgan fingerprint density at radius 2 is 1.57 bits per heavy atom. The van der Waals surface area contributed by atoms with Crippen LogP contribution >= 0.6 is 0 Å². The third-order valence-electron chi connectivity index (χ3n) is 3.37. The molecule has 0 bridgehead atoms. The predicted molar refractivity (Wildman–Crippen MR) is 82.8 cm³/mol. The number of rotatable bonds is 11. The maximum absolute atomic E-state index is 13.1. The van der Waals surface area contributed by atoms with Gasteiger partial charge in [0.15, 0.2) is 0 Å². The molecule has 21 heavy (non-hydrogen) atoms. The molecule has 1 atom stereocenters. The third-order valence-corrected chi connectivity index (χ3v) is 3.37. The molecule has 1 aromatic rings. The molecule has 2 N–H and O–H groups in total. The minimum atomic E-state index is -0.232. The number of benzene rings is 1. The molecule has 0 fully saturated rings. The van der Waals surface area contributed by atoms with Gasteiger partial charge in [0, 0.05) is 38.9 Å². The highest BCUT2D eigenvalue weighted by Crippen LogP contribution is 2.19. The molecular formula is C16H27FN2O2. The second kappa shape index (κ2) is 10.7. The van der Waals surface area contributed by atoms with E-state index < -0.39 is 0 Å². The van der Waals surface area contributed by atoms with Crippen molar-refractivity contribution in [3.05, 3.63) is 35.6 Å². The monoisotopic (exact) mass is 298 g/mol. The number of nitrogens with zero attached hydrogens (tertiary/aromatic N) is 1. The van der Waals surface area contributed by atoms with E-state index in [9.17, 15) is 4.39 Å². The first-order chi connectivity index (χ1) is 10.2. The number of halogens is 1. The lowest BCUT2D eigenvalue weighted by Crippen LogP contribution is -2.38. The Labute approximate surface area is 127 Å². The van der Waals surface area contributed by atoms with E-state index in [2.05, 4.69) is 4.90 Å². The molecule has 0 radical (unpaired) electrons. The Kier molecular flexibility index (Phi) is 9.17. The van der Waals surface area contributed by atoms with Gasteiger partial charge in [-0.3, -0.25) is 4.90 Å². The summed E-state index contributed by atoms with van der Waals surface area (Å²) in [6.07, 6.45) is 0. The molecule has 0 saturated carbocycles. The number of ether oxygens (including phenoxy) is 2. The number of hydrogen-bond acceptors (Lipinski definition) is 4. The zero-order valence-electron chi connectivity index (χ0n) is 13.1. The molecule has 1 rings (SSSR count). The van der Waals surface area contributed by atoms with Gasteiger partial charge in [0.05, 0.1) is 13.2 Å². The summed E-state index contributed by atoms with van der Waals surface area (Å²) in [5, 5.41) is 0. The van der Waals surface area contributed by atoms with Gasteiger partial charge in [-0.2, -0.15) is 0 Å². The van der Waals surface area contributed by atoms with Crippen LogP contribution < -0.4 is 5.73 Å². The van der Waals surface area contributed by atoms with E-state index in [1.54, 1.807) is 12.1 Å². The second-order valence-corrected chi connectivity index (χ2v) is 4.73. The van der Waals surface area contributed by atoms with E-state index in [-0.39, 0.29) is 11.9 Å². The summed E-state index contributed by atoms with van der Waals surface area (Å²) in [4.78, 5) is 2.23. The van der Waals surface area contributed by atoms with Crippen LogP contribution in [0.5, 0.6) is 0 Å². The van der Waals surface area contributed by atoms with Gasteiger partial charge in [-0.25, -0.2) is 4.39 Å². The molecule has 1 aromatic carbocycles. The van der Waals surface area contributed by atoms with Crippen molar-refractivity contribution in [2.45, 2.75) is 19.9 Å². The lowest BCUT2D eigenvalue weighted by atomic mass is 10.1. The molecular weight excluding hydrogens is 271 g/mol. The van der Waals surface area contributed by atoms with Crippen LogP contribution in [-0.4, -0.2) is 51.0 Å². The summed E-state index contributed by atoms with van der Waals surface area (Å²) in [5.41, 5.74) is 6.96. The van der Waals surface area contributed by atoms with Crippen LogP contribution in [0.1, 0.15) is 25.5 Å². The van der Waals surface area contributed by atoms with E-state index in [1.165, 1.54) is 12.1 Å². The Balaban J connectivity index is 2.72. The van der Waals surface area contributed by atoms with Crippen molar-refractivity contribution in [2.24, 2.45) is 5.73 Å². The van der Waals surface area contributed by atoms with Crippen LogP contribution in [-0.2, 0) is 9.47 Å².